The molecule has 0 amide bonds. The van der Waals surface area contributed by atoms with Gasteiger partial charge in [0.05, 0.1) is 0 Å². The van der Waals surface area contributed by atoms with Crippen LogP contribution in [0.4, 0.5) is 0 Å². The summed E-state index contributed by atoms with van der Waals surface area (Å²) in [5.41, 5.74) is 1.20. The molecule has 1 N–H and O–H groups in total. The quantitative estimate of drug-likeness (QED) is 0.712. The maximum absolute atomic E-state index is 7.58. The van der Waals surface area contributed by atoms with Gasteiger partial charge in [0.1, 0.15) is 0 Å². The molecular formula is C15H27N. The number of nitrogens with one attached hydrogen (secondary N) is 1. The van der Waals surface area contributed by atoms with Gasteiger partial charge < -0.3 is 5.41 Å². The molecule has 1 aliphatic carbocycles. The van der Waals surface area contributed by atoms with Crippen molar-refractivity contribution in [3.8, 4) is 0 Å². The summed E-state index contributed by atoms with van der Waals surface area (Å²) in [6.07, 6.45) is 7.65. The molecule has 92 valence electrons. The van der Waals surface area contributed by atoms with E-state index in [1.54, 1.807) is 0 Å². The van der Waals surface area contributed by atoms with Crippen molar-refractivity contribution in [2.45, 2.75) is 53.9 Å². The maximum atomic E-state index is 7.58. The van der Waals surface area contributed by atoms with Gasteiger partial charge in [-0.25, -0.2) is 0 Å². The third-order valence-electron chi connectivity index (χ3n) is 4.37. The van der Waals surface area contributed by atoms with E-state index in [-0.39, 0.29) is 0 Å². The smallest absolute Gasteiger partial charge is 0.0311 e. The van der Waals surface area contributed by atoms with Crippen molar-refractivity contribution in [3.63, 3.8) is 0 Å². The van der Waals surface area contributed by atoms with E-state index >= 15 is 0 Å². The molecule has 0 fully saturated rings. The second-order valence-corrected chi connectivity index (χ2v) is 6.41. The normalized spacial score (nSPS) is 23.9. The van der Waals surface area contributed by atoms with Crippen molar-refractivity contribution in [3.05, 3.63) is 12.2 Å². The molecule has 1 aliphatic rings. The molecule has 1 rings (SSSR count). The molecule has 0 bridgehead atoms. The summed E-state index contributed by atoms with van der Waals surface area (Å²) < 4.78 is 0. The standard InChI is InChI=1S/C15H27N/c1-11(2)12(3)15(4,5)10-13-6-8-14(16)9-7-13/h6,8,11-13,16H,7,9-10H2,1-5H3. The van der Waals surface area contributed by atoms with Crippen LogP contribution in [0.5, 0.6) is 0 Å². The van der Waals surface area contributed by atoms with Crippen LogP contribution >= 0.6 is 0 Å². The third kappa shape index (κ3) is 3.47. The van der Waals surface area contributed by atoms with E-state index in [1.807, 2.05) is 6.08 Å². The van der Waals surface area contributed by atoms with Crippen LogP contribution in [-0.2, 0) is 0 Å². The van der Waals surface area contributed by atoms with Gasteiger partial charge in [0.15, 0.2) is 0 Å². The molecule has 1 nitrogen and oxygen atoms in total. The van der Waals surface area contributed by atoms with Gasteiger partial charge >= 0.3 is 0 Å². The fraction of sp³-hybridized carbons (Fsp3) is 0.800. The summed E-state index contributed by atoms with van der Waals surface area (Å²) in [5, 5.41) is 7.58. The molecule has 0 spiro atoms. The third-order valence-corrected chi connectivity index (χ3v) is 4.37. The van der Waals surface area contributed by atoms with E-state index in [2.05, 4.69) is 40.7 Å². The predicted octanol–water partition coefficient (Wildman–Crippen LogP) is 4.68. The highest BCUT2D eigenvalue weighted by Crippen LogP contribution is 2.39. The van der Waals surface area contributed by atoms with Crippen molar-refractivity contribution in [2.24, 2.45) is 23.2 Å². The zero-order valence-corrected chi connectivity index (χ0v) is 11.5. The Kier molecular flexibility index (Phi) is 4.35. The van der Waals surface area contributed by atoms with Crippen LogP contribution in [0.25, 0.3) is 0 Å². The lowest BCUT2D eigenvalue weighted by Gasteiger charge is -2.37. The van der Waals surface area contributed by atoms with Crippen molar-refractivity contribution in [1.29, 1.82) is 5.41 Å². The van der Waals surface area contributed by atoms with Gasteiger partial charge in [-0.3, -0.25) is 0 Å². The van der Waals surface area contributed by atoms with Gasteiger partial charge in [-0.1, -0.05) is 40.7 Å². The molecule has 16 heavy (non-hydrogen) atoms. The van der Waals surface area contributed by atoms with Gasteiger partial charge in [-0.05, 0) is 48.5 Å². The Hall–Kier alpha value is -0.590. The monoisotopic (exact) mass is 221 g/mol. The van der Waals surface area contributed by atoms with Crippen molar-refractivity contribution in [1.82, 2.24) is 0 Å². The number of rotatable bonds is 4. The molecule has 0 saturated heterocycles. The van der Waals surface area contributed by atoms with Crippen molar-refractivity contribution in [2.75, 3.05) is 0 Å². The van der Waals surface area contributed by atoms with Crippen LogP contribution in [0.1, 0.15) is 53.9 Å². The van der Waals surface area contributed by atoms with Crippen molar-refractivity contribution < 1.29 is 0 Å². The second-order valence-electron chi connectivity index (χ2n) is 6.41. The Morgan fingerprint density at radius 1 is 1.38 bits per heavy atom. The first kappa shape index (κ1) is 13.5. The van der Waals surface area contributed by atoms with E-state index in [9.17, 15) is 0 Å². The van der Waals surface area contributed by atoms with Crippen LogP contribution in [0, 0.1) is 28.6 Å². The van der Waals surface area contributed by atoms with E-state index in [0.29, 0.717) is 11.3 Å². The maximum Gasteiger partial charge on any atom is 0.0311 e. The summed E-state index contributed by atoms with van der Waals surface area (Å²) in [5.74, 6) is 2.19. The van der Waals surface area contributed by atoms with Gasteiger partial charge in [0, 0.05) is 5.71 Å². The molecule has 0 heterocycles. The fourth-order valence-electron chi connectivity index (χ4n) is 2.71. The first-order chi connectivity index (χ1) is 7.33. The van der Waals surface area contributed by atoms with E-state index < -0.39 is 0 Å². The van der Waals surface area contributed by atoms with Crippen LogP contribution in [0.2, 0.25) is 0 Å². The molecular weight excluding hydrogens is 194 g/mol. The molecule has 0 aromatic heterocycles. The Morgan fingerprint density at radius 2 is 2.00 bits per heavy atom. The number of hydrogen-bond acceptors (Lipinski definition) is 1. The van der Waals surface area contributed by atoms with E-state index in [4.69, 9.17) is 5.41 Å². The SMILES string of the molecule is CC(C)C(C)C(C)(C)CC1C=CC(=N)CC1. The number of hydrogen-bond donors (Lipinski definition) is 1. The molecule has 2 unspecified atom stereocenters. The molecule has 0 saturated carbocycles. The lowest BCUT2D eigenvalue weighted by molar-refractivity contribution is 0.141. The molecule has 2 atom stereocenters. The number of allylic oxidation sites excluding steroid dienone is 2. The van der Waals surface area contributed by atoms with Crippen LogP contribution < -0.4 is 0 Å². The summed E-state index contributed by atoms with van der Waals surface area (Å²) >= 11 is 0. The highest BCUT2D eigenvalue weighted by Gasteiger charge is 2.30. The average Bonchev–Trinajstić information content (AvgIpc) is 2.20. The second kappa shape index (κ2) is 5.16. The van der Waals surface area contributed by atoms with Gasteiger partial charge in [0.25, 0.3) is 0 Å². The highest BCUT2D eigenvalue weighted by molar-refractivity contribution is 5.92. The highest BCUT2D eigenvalue weighted by atomic mass is 14.4. The zero-order valence-electron chi connectivity index (χ0n) is 11.5. The van der Waals surface area contributed by atoms with Crippen LogP contribution in [0.15, 0.2) is 12.2 Å². The Bertz CT molecular complexity index is 273. The van der Waals surface area contributed by atoms with Crippen molar-refractivity contribution >= 4 is 5.71 Å². The molecule has 0 aromatic carbocycles. The Balaban J connectivity index is 2.59. The summed E-state index contributed by atoms with van der Waals surface area (Å²) in [6.45, 7) is 11.8. The van der Waals surface area contributed by atoms with Gasteiger partial charge in [0.2, 0.25) is 0 Å². The minimum absolute atomic E-state index is 0.405. The molecule has 0 radical (unpaired) electrons. The first-order valence-electron chi connectivity index (χ1n) is 6.58. The summed E-state index contributed by atoms with van der Waals surface area (Å²) in [4.78, 5) is 0. The lowest BCUT2D eigenvalue weighted by Crippen LogP contribution is -2.28. The minimum Gasteiger partial charge on any atom is -0.305 e. The van der Waals surface area contributed by atoms with E-state index in [0.717, 1.165) is 24.0 Å². The molecule has 1 heteroatoms. The Labute approximate surface area is 101 Å². The molecule has 0 aliphatic heterocycles. The van der Waals surface area contributed by atoms with Gasteiger partial charge in [-0.2, -0.15) is 0 Å². The summed E-state index contributed by atoms with van der Waals surface area (Å²) in [7, 11) is 0. The first-order valence-corrected chi connectivity index (χ1v) is 6.58. The fourth-order valence-corrected chi connectivity index (χ4v) is 2.71. The van der Waals surface area contributed by atoms with Gasteiger partial charge in [-0.15, -0.1) is 0 Å². The van der Waals surface area contributed by atoms with Crippen LogP contribution in [0.3, 0.4) is 0 Å². The predicted molar refractivity (Wildman–Crippen MR) is 72.0 cm³/mol. The molecule has 0 aromatic rings. The lowest BCUT2D eigenvalue weighted by atomic mass is 9.68. The van der Waals surface area contributed by atoms with E-state index in [1.165, 1.54) is 12.8 Å². The van der Waals surface area contributed by atoms with Crippen LogP contribution in [-0.4, -0.2) is 5.71 Å². The zero-order chi connectivity index (χ0) is 12.3. The Morgan fingerprint density at radius 3 is 2.44 bits per heavy atom. The largest absolute Gasteiger partial charge is 0.305 e. The minimum atomic E-state index is 0.405. The summed E-state index contributed by atoms with van der Waals surface area (Å²) in [6, 6.07) is 0. The average molecular weight is 221 g/mol. The topological polar surface area (TPSA) is 23.9 Å².